The second-order valence-electron chi connectivity index (χ2n) is 10.5. The van der Waals surface area contributed by atoms with Gasteiger partial charge in [-0.1, -0.05) is 0 Å². The molecule has 0 radical (unpaired) electrons. The Morgan fingerprint density at radius 1 is 0.902 bits per heavy atom. The molecule has 8 atom stereocenters. The number of benzene rings is 2. The minimum atomic E-state index is -1.67. The summed E-state index contributed by atoms with van der Waals surface area (Å²) >= 11 is 0. The Morgan fingerprint density at radius 3 is 2.22 bits per heavy atom. The first-order valence-corrected chi connectivity index (χ1v) is 13.1. The molecule has 0 bridgehead atoms. The second-order valence-corrected chi connectivity index (χ2v) is 10.5. The van der Waals surface area contributed by atoms with E-state index < -0.39 is 60.7 Å². The van der Waals surface area contributed by atoms with E-state index in [-0.39, 0.29) is 19.8 Å². The van der Waals surface area contributed by atoms with Crippen LogP contribution in [0, 0.1) is 5.92 Å². The third-order valence-corrected chi connectivity index (χ3v) is 8.32. The van der Waals surface area contributed by atoms with Crippen LogP contribution in [0.1, 0.15) is 22.6 Å². The first kappa shape index (κ1) is 27.8. The van der Waals surface area contributed by atoms with Crippen molar-refractivity contribution in [2.45, 2.75) is 48.6 Å². The summed E-state index contributed by atoms with van der Waals surface area (Å²) in [5, 5.41) is 41.2. The summed E-state index contributed by atoms with van der Waals surface area (Å²) in [6.07, 6.45) is -7.42. The summed E-state index contributed by atoms with van der Waals surface area (Å²) in [7, 11) is 4.47. The Bertz CT molecular complexity index is 1300. The number of aliphatic hydroxyl groups excluding tert-OH is 4. The molecule has 0 aromatic heterocycles. The van der Waals surface area contributed by atoms with Crippen LogP contribution in [0.5, 0.6) is 28.7 Å². The first-order valence-electron chi connectivity index (χ1n) is 13.1. The standard InChI is InChI=1S/C28H32O13/c1-34-17-4-12(5-18(35-2)25(17)36-3)20-14-7-16-15(38-11-39-16)6-13(14)8-28(10-37-26(33)21(20)28)41-27-24(32)23(31)22(30)19(9-29)40-27/h4-7,19-24,27,29-32H,8-11H2,1-3H3/t19-,20-,21+,22-,23+,24-,27+,28-/m1/s1. The maximum atomic E-state index is 13.6. The highest BCUT2D eigenvalue weighted by molar-refractivity contribution is 5.80. The predicted molar refractivity (Wildman–Crippen MR) is 136 cm³/mol. The highest BCUT2D eigenvalue weighted by Crippen LogP contribution is 2.55. The van der Waals surface area contributed by atoms with Gasteiger partial charge in [-0.05, 0) is 41.0 Å². The number of esters is 1. The first-order chi connectivity index (χ1) is 19.7. The van der Waals surface area contributed by atoms with Crippen molar-refractivity contribution >= 4 is 5.97 Å². The Kier molecular flexibility index (Phi) is 7.12. The van der Waals surface area contributed by atoms with E-state index in [1.807, 2.05) is 12.1 Å². The maximum Gasteiger partial charge on any atom is 0.313 e. The number of hydrogen-bond donors (Lipinski definition) is 4. The Morgan fingerprint density at radius 2 is 1.59 bits per heavy atom. The normalized spacial score (nSPS) is 33.5. The van der Waals surface area contributed by atoms with E-state index in [0.717, 1.165) is 11.1 Å². The van der Waals surface area contributed by atoms with Crippen molar-refractivity contribution in [3.63, 3.8) is 0 Å². The van der Waals surface area contributed by atoms with Gasteiger partial charge in [-0.2, -0.15) is 0 Å². The van der Waals surface area contributed by atoms with Crippen molar-refractivity contribution in [3.8, 4) is 28.7 Å². The van der Waals surface area contributed by atoms with Gasteiger partial charge in [0.05, 0.1) is 27.9 Å². The zero-order valence-corrected chi connectivity index (χ0v) is 22.6. The summed E-state index contributed by atoms with van der Waals surface area (Å²) in [4.78, 5) is 13.6. The molecule has 2 aromatic carbocycles. The van der Waals surface area contributed by atoms with Gasteiger partial charge in [-0.15, -0.1) is 0 Å². The number of ether oxygens (including phenoxy) is 8. The predicted octanol–water partition coefficient (Wildman–Crippen LogP) is -0.143. The Hall–Kier alpha value is -3.33. The Labute approximate surface area is 235 Å². The molecule has 3 heterocycles. The molecule has 222 valence electrons. The van der Waals surface area contributed by atoms with E-state index >= 15 is 0 Å². The number of carbonyl (C=O) groups is 1. The fourth-order valence-electron chi connectivity index (χ4n) is 6.33. The fraction of sp³-hybridized carbons (Fsp3) is 0.536. The SMILES string of the molecule is COc1cc([C@@H]2c3cc4c(cc3C[C@@]3(O[C@@H]5O[C@H](CO)[C@@H](O)[C@H](O)[C@H]5O)COC(=O)[C@H]23)OCO4)cc(OC)c1OC. The van der Waals surface area contributed by atoms with Gasteiger partial charge in [0.25, 0.3) is 0 Å². The number of carbonyl (C=O) groups excluding carboxylic acids is 1. The van der Waals surface area contributed by atoms with Gasteiger partial charge in [-0.25, -0.2) is 0 Å². The van der Waals surface area contributed by atoms with Gasteiger partial charge in [0.1, 0.15) is 42.5 Å². The summed E-state index contributed by atoms with van der Waals surface area (Å²) in [6, 6.07) is 7.14. The Balaban J connectivity index is 1.50. The molecule has 0 spiro atoms. The number of aliphatic hydroxyl groups is 4. The van der Waals surface area contributed by atoms with Crippen molar-refractivity contribution in [1.82, 2.24) is 0 Å². The summed E-state index contributed by atoms with van der Waals surface area (Å²) in [5.74, 6) is -0.000558. The third kappa shape index (κ3) is 4.35. The van der Waals surface area contributed by atoms with Gasteiger partial charge in [0, 0.05) is 12.3 Å². The molecule has 0 saturated carbocycles. The number of methoxy groups -OCH3 is 3. The van der Waals surface area contributed by atoms with Crippen LogP contribution >= 0.6 is 0 Å². The second kappa shape index (κ2) is 10.5. The molecular weight excluding hydrogens is 544 g/mol. The molecular formula is C28H32O13. The van der Waals surface area contributed by atoms with Crippen LogP contribution in [0.15, 0.2) is 24.3 Å². The molecule has 4 N–H and O–H groups in total. The number of fused-ring (bicyclic) bond motifs is 3. The van der Waals surface area contributed by atoms with E-state index in [1.54, 1.807) is 12.1 Å². The summed E-state index contributed by atoms with van der Waals surface area (Å²) < 4.78 is 45.7. The van der Waals surface area contributed by atoms with Crippen LogP contribution in [0.2, 0.25) is 0 Å². The zero-order valence-electron chi connectivity index (χ0n) is 22.6. The van der Waals surface area contributed by atoms with Crippen molar-refractivity contribution in [3.05, 3.63) is 41.0 Å². The number of hydrogen-bond acceptors (Lipinski definition) is 13. The van der Waals surface area contributed by atoms with Gasteiger partial charge in [-0.3, -0.25) is 4.79 Å². The maximum absolute atomic E-state index is 13.6. The number of cyclic esters (lactones) is 1. The molecule has 13 nitrogen and oxygen atoms in total. The van der Waals surface area contributed by atoms with Crippen LogP contribution in [-0.2, 0) is 25.4 Å². The lowest BCUT2D eigenvalue weighted by atomic mass is 9.65. The van der Waals surface area contributed by atoms with Crippen molar-refractivity contribution < 1.29 is 63.1 Å². The highest BCUT2D eigenvalue weighted by atomic mass is 16.7. The minimum Gasteiger partial charge on any atom is -0.493 e. The van der Waals surface area contributed by atoms with E-state index in [0.29, 0.717) is 34.3 Å². The molecule has 0 amide bonds. The quantitative estimate of drug-likeness (QED) is 0.321. The summed E-state index contributed by atoms with van der Waals surface area (Å²) in [6.45, 7) is -0.761. The molecule has 3 aliphatic heterocycles. The van der Waals surface area contributed by atoms with Gasteiger partial charge in [0.15, 0.2) is 29.3 Å². The van der Waals surface area contributed by atoms with Crippen LogP contribution in [0.3, 0.4) is 0 Å². The summed E-state index contributed by atoms with van der Waals surface area (Å²) in [5.41, 5.74) is 0.786. The van der Waals surface area contributed by atoms with E-state index in [2.05, 4.69) is 0 Å². The molecule has 13 heteroatoms. The van der Waals surface area contributed by atoms with Crippen LogP contribution in [-0.4, -0.2) is 104 Å². The van der Waals surface area contributed by atoms with E-state index in [4.69, 9.17) is 37.9 Å². The molecule has 41 heavy (non-hydrogen) atoms. The topological polar surface area (TPSA) is 172 Å². The fourth-order valence-corrected chi connectivity index (χ4v) is 6.33. The highest BCUT2D eigenvalue weighted by Gasteiger charge is 2.61. The third-order valence-electron chi connectivity index (χ3n) is 8.32. The van der Waals surface area contributed by atoms with Crippen LogP contribution in [0.25, 0.3) is 0 Å². The molecule has 4 aliphatic rings. The smallest absolute Gasteiger partial charge is 0.313 e. The van der Waals surface area contributed by atoms with Crippen LogP contribution in [0.4, 0.5) is 0 Å². The molecule has 2 saturated heterocycles. The largest absolute Gasteiger partial charge is 0.493 e. The average molecular weight is 577 g/mol. The molecule has 2 aromatic rings. The average Bonchev–Trinajstić information content (AvgIpc) is 3.57. The molecule has 6 rings (SSSR count). The van der Waals surface area contributed by atoms with Crippen LogP contribution < -0.4 is 23.7 Å². The number of rotatable bonds is 7. The molecule has 1 aliphatic carbocycles. The lowest BCUT2D eigenvalue weighted by Gasteiger charge is -2.47. The van der Waals surface area contributed by atoms with Crippen molar-refractivity contribution in [1.29, 1.82) is 0 Å². The van der Waals surface area contributed by atoms with E-state index in [1.165, 1.54) is 21.3 Å². The van der Waals surface area contributed by atoms with E-state index in [9.17, 15) is 25.2 Å². The minimum absolute atomic E-state index is 0.0467. The van der Waals surface area contributed by atoms with Gasteiger partial charge >= 0.3 is 5.97 Å². The molecule has 0 unspecified atom stereocenters. The van der Waals surface area contributed by atoms with Gasteiger partial charge < -0.3 is 58.3 Å². The van der Waals surface area contributed by atoms with Crippen molar-refractivity contribution in [2.24, 2.45) is 5.92 Å². The van der Waals surface area contributed by atoms with Crippen molar-refractivity contribution in [2.75, 3.05) is 41.3 Å². The lowest BCUT2D eigenvalue weighted by Crippen LogP contribution is -2.62. The lowest BCUT2D eigenvalue weighted by molar-refractivity contribution is -0.331. The molecule has 2 fully saturated rings. The monoisotopic (exact) mass is 576 g/mol. The zero-order chi connectivity index (χ0) is 29.1. The van der Waals surface area contributed by atoms with Gasteiger partial charge in [0.2, 0.25) is 12.5 Å².